The van der Waals surface area contributed by atoms with Gasteiger partial charge in [0.15, 0.2) is 5.16 Å². The minimum atomic E-state index is -0.642. The Bertz CT molecular complexity index is 1170. The van der Waals surface area contributed by atoms with Gasteiger partial charge in [0, 0.05) is 6.54 Å². The van der Waals surface area contributed by atoms with Crippen molar-refractivity contribution in [3.8, 4) is 5.69 Å². The Kier molecular flexibility index (Phi) is 7.69. The molecule has 7 nitrogen and oxygen atoms in total. The average molecular weight is 453 g/mol. The van der Waals surface area contributed by atoms with Crippen LogP contribution in [0.1, 0.15) is 45.6 Å². The van der Waals surface area contributed by atoms with Crippen LogP contribution in [0.15, 0.2) is 58.5 Å². The van der Waals surface area contributed by atoms with Crippen LogP contribution in [0.4, 0.5) is 4.79 Å². The molecule has 0 saturated carbocycles. The standard InChI is InChI=1S/C24H28N4O3S/c1-5-15(3)17-11-13-18(14-12-17)28-22(30)19-9-7-8-10-20(19)26-24(28)32-16(4)21(29)27-23(31)25-6-2/h7-16H,5-6H2,1-4H3,(H2,25,27,29,31)/t15-,16-/m0/s1. The molecule has 3 rings (SSSR count). The molecule has 0 aliphatic heterocycles. The number of carbonyl (C=O) groups excluding carboxylic acids is 2. The van der Waals surface area contributed by atoms with Gasteiger partial charge in [-0.1, -0.05) is 49.9 Å². The van der Waals surface area contributed by atoms with Crippen LogP contribution in [-0.4, -0.2) is 33.3 Å². The molecule has 1 aromatic heterocycles. The maximum absolute atomic E-state index is 13.4. The van der Waals surface area contributed by atoms with Crippen molar-refractivity contribution in [1.29, 1.82) is 0 Å². The van der Waals surface area contributed by atoms with E-state index in [1.165, 1.54) is 10.1 Å². The minimum Gasteiger partial charge on any atom is -0.338 e. The number of nitrogens with one attached hydrogen (secondary N) is 2. The number of aromatic nitrogens is 2. The molecule has 0 bridgehead atoms. The summed E-state index contributed by atoms with van der Waals surface area (Å²) in [5.74, 6) is -0.0376. The number of hydrogen-bond donors (Lipinski definition) is 2. The van der Waals surface area contributed by atoms with Crippen molar-refractivity contribution >= 4 is 34.6 Å². The van der Waals surface area contributed by atoms with Crippen molar-refractivity contribution in [2.24, 2.45) is 0 Å². The van der Waals surface area contributed by atoms with E-state index >= 15 is 0 Å². The Hall–Kier alpha value is -3.13. The highest BCUT2D eigenvalue weighted by atomic mass is 32.2. The van der Waals surface area contributed by atoms with Crippen molar-refractivity contribution < 1.29 is 9.59 Å². The van der Waals surface area contributed by atoms with E-state index in [2.05, 4.69) is 29.5 Å². The summed E-state index contributed by atoms with van der Waals surface area (Å²) < 4.78 is 1.53. The van der Waals surface area contributed by atoms with Gasteiger partial charge in [0.25, 0.3) is 5.56 Å². The molecule has 3 aromatic rings. The quantitative estimate of drug-likeness (QED) is 0.413. The number of urea groups is 1. The Labute approximate surface area is 191 Å². The Morgan fingerprint density at radius 1 is 1.06 bits per heavy atom. The first-order valence-corrected chi connectivity index (χ1v) is 11.6. The zero-order chi connectivity index (χ0) is 23.3. The topological polar surface area (TPSA) is 93.1 Å². The maximum atomic E-state index is 13.4. The summed E-state index contributed by atoms with van der Waals surface area (Å²) in [5.41, 5.74) is 2.23. The van der Waals surface area contributed by atoms with Crippen molar-refractivity contribution in [2.75, 3.05) is 6.54 Å². The lowest BCUT2D eigenvalue weighted by Gasteiger charge is -2.17. The van der Waals surface area contributed by atoms with E-state index < -0.39 is 17.2 Å². The van der Waals surface area contributed by atoms with Crippen LogP contribution >= 0.6 is 11.8 Å². The summed E-state index contributed by atoms with van der Waals surface area (Å²) in [7, 11) is 0. The highest BCUT2D eigenvalue weighted by molar-refractivity contribution is 8.00. The van der Waals surface area contributed by atoms with Crippen LogP contribution in [0.5, 0.6) is 0 Å². The van der Waals surface area contributed by atoms with Crippen LogP contribution in [0.25, 0.3) is 16.6 Å². The zero-order valence-electron chi connectivity index (χ0n) is 18.7. The summed E-state index contributed by atoms with van der Waals surface area (Å²) in [6, 6.07) is 14.4. The van der Waals surface area contributed by atoms with E-state index in [9.17, 15) is 14.4 Å². The molecule has 8 heteroatoms. The molecule has 0 saturated heterocycles. The number of nitrogens with zero attached hydrogens (tertiary/aromatic N) is 2. The largest absolute Gasteiger partial charge is 0.338 e. The fraction of sp³-hybridized carbons (Fsp3) is 0.333. The van der Waals surface area contributed by atoms with Gasteiger partial charge in [0.1, 0.15) is 0 Å². The summed E-state index contributed by atoms with van der Waals surface area (Å²) in [5, 5.41) is 5.10. The summed E-state index contributed by atoms with van der Waals surface area (Å²) in [4.78, 5) is 42.2. The lowest BCUT2D eigenvalue weighted by atomic mass is 9.98. The number of rotatable bonds is 7. The fourth-order valence-corrected chi connectivity index (χ4v) is 4.16. The predicted octanol–water partition coefficient (Wildman–Crippen LogP) is 4.23. The second-order valence-electron chi connectivity index (χ2n) is 7.56. The smallest absolute Gasteiger partial charge is 0.321 e. The van der Waals surface area contributed by atoms with Gasteiger partial charge in [-0.25, -0.2) is 9.78 Å². The van der Waals surface area contributed by atoms with Crippen molar-refractivity contribution in [3.05, 3.63) is 64.4 Å². The van der Waals surface area contributed by atoms with Crippen LogP contribution in [0, 0.1) is 0 Å². The monoisotopic (exact) mass is 452 g/mol. The van der Waals surface area contributed by atoms with E-state index in [4.69, 9.17) is 0 Å². The molecular weight excluding hydrogens is 424 g/mol. The zero-order valence-corrected chi connectivity index (χ0v) is 19.5. The Balaban J connectivity index is 2.02. The van der Waals surface area contributed by atoms with Gasteiger partial charge < -0.3 is 5.32 Å². The number of thioether (sulfide) groups is 1. The van der Waals surface area contributed by atoms with Crippen molar-refractivity contribution in [2.45, 2.75) is 50.4 Å². The van der Waals surface area contributed by atoms with Crippen LogP contribution < -0.4 is 16.2 Å². The van der Waals surface area contributed by atoms with Gasteiger partial charge in [-0.3, -0.25) is 19.5 Å². The van der Waals surface area contributed by atoms with E-state index in [-0.39, 0.29) is 5.56 Å². The summed E-state index contributed by atoms with van der Waals surface area (Å²) >= 11 is 1.14. The van der Waals surface area contributed by atoms with Gasteiger partial charge in [0.2, 0.25) is 5.91 Å². The SMILES string of the molecule is CCNC(=O)NC(=O)[C@H](C)Sc1nc2ccccc2c(=O)n1-c1ccc([C@@H](C)CC)cc1. The van der Waals surface area contributed by atoms with Gasteiger partial charge >= 0.3 is 6.03 Å². The first-order chi connectivity index (χ1) is 15.3. The fourth-order valence-electron chi connectivity index (χ4n) is 3.24. The third kappa shape index (κ3) is 5.19. The Morgan fingerprint density at radius 2 is 1.75 bits per heavy atom. The number of fused-ring (bicyclic) bond motifs is 1. The molecule has 3 amide bonds. The molecule has 0 spiro atoms. The molecule has 0 radical (unpaired) electrons. The third-order valence-electron chi connectivity index (χ3n) is 5.30. The molecule has 0 fully saturated rings. The Morgan fingerprint density at radius 3 is 2.41 bits per heavy atom. The molecule has 0 aliphatic carbocycles. The van der Waals surface area contributed by atoms with E-state index in [0.29, 0.717) is 34.2 Å². The number of imide groups is 1. The van der Waals surface area contributed by atoms with E-state index in [1.807, 2.05) is 30.3 Å². The van der Waals surface area contributed by atoms with Crippen LogP contribution in [0.3, 0.4) is 0 Å². The first kappa shape index (κ1) is 23.5. The van der Waals surface area contributed by atoms with E-state index in [0.717, 1.165) is 18.2 Å². The van der Waals surface area contributed by atoms with Crippen molar-refractivity contribution in [3.63, 3.8) is 0 Å². The number of carbonyl (C=O) groups is 2. The lowest BCUT2D eigenvalue weighted by molar-refractivity contribution is -0.119. The summed E-state index contributed by atoms with van der Waals surface area (Å²) in [6.07, 6.45) is 1.02. The molecule has 2 aromatic carbocycles. The maximum Gasteiger partial charge on any atom is 0.321 e. The second-order valence-corrected chi connectivity index (χ2v) is 8.87. The van der Waals surface area contributed by atoms with Crippen molar-refractivity contribution in [1.82, 2.24) is 20.2 Å². The average Bonchev–Trinajstić information content (AvgIpc) is 2.79. The van der Waals surface area contributed by atoms with Gasteiger partial charge in [-0.15, -0.1) is 0 Å². The first-order valence-electron chi connectivity index (χ1n) is 10.7. The number of hydrogen-bond acceptors (Lipinski definition) is 5. The molecule has 1 heterocycles. The molecular formula is C24H28N4O3S. The minimum absolute atomic E-state index is 0.203. The molecule has 32 heavy (non-hydrogen) atoms. The van der Waals surface area contributed by atoms with Gasteiger partial charge in [0.05, 0.1) is 21.8 Å². The van der Waals surface area contributed by atoms with Gasteiger partial charge in [-0.05, 0) is 56.0 Å². The molecule has 2 N–H and O–H groups in total. The molecule has 0 unspecified atom stereocenters. The highest BCUT2D eigenvalue weighted by Gasteiger charge is 2.21. The summed E-state index contributed by atoms with van der Waals surface area (Å²) in [6.45, 7) is 8.16. The lowest BCUT2D eigenvalue weighted by Crippen LogP contribution is -2.42. The molecule has 2 atom stereocenters. The number of benzene rings is 2. The number of para-hydroxylation sites is 1. The predicted molar refractivity (Wildman–Crippen MR) is 129 cm³/mol. The molecule has 168 valence electrons. The molecule has 0 aliphatic rings. The van der Waals surface area contributed by atoms with Gasteiger partial charge in [-0.2, -0.15) is 0 Å². The third-order valence-corrected chi connectivity index (χ3v) is 6.36. The van der Waals surface area contributed by atoms with E-state index in [1.54, 1.807) is 32.0 Å². The second kappa shape index (κ2) is 10.5. The number of amides is 3. The van der Waals surface area contributed by atoms with Crippen LogP contribution in [-0.2, 0) is 4.79 Å². The normalized spacial score (nSPS) is 12.9. The highest BCUT2D eigenvalue weighted by Crippen LogP contribution is 2.26. The van der Waals surface area contributed by atoms with Crippen LogP contribution in [0.2, 0.25) is 0 Å².